The topological polar surface area (TPSA) is 95.9 Å². The van der Waals surface area contributed by atoms with Gasteiger partial charge in [-0.25, -0.2) is 9.59 Å². The van der Waals surface area contributed by atoms with Crippen molar-refractivity contribution in [1.29, 1.82) is 0 Å². The van der Waals surface area contributed by atoms with Crippen LogP contribution in [-0.4, -0.2) is 53.7 Å². The number of amides is 2. The lowest BCUT2D eigenvalue weighted by molar-refractivity contribution is -0.157. The fraction of sp³-hybridized carbons (Fsp3) is 0.400. The number of likely N-dealkylation sites (N-methyl/N-ethyl adjacent to an activating group) is 1. The molecule has 2 amide bonds. The van der Waals surface area contributed by atoms with Crippen LogP contribution < -0.4 is 5.32 Å². The third kappa shape index (κ3) is 3.72. The lowest BCUT2D eigenvalue weighted by Crippen LogP contribution is -2.54. The van der Waals surface area contributed by atoms with Gasteiger partial charge in [-0.15, -0.1) is 0 Å². The highest BCUT2D eigenvalue weighted by Gasteiger charge is 2.54. The lowest BCUT2D eigenvalue weighted by Gasteiger charge is -2.34. The number of hydrogen-bond acceptors (Lipinski definition) is 4. The van der Waals surface area contributed by atoms with Gasteiger partial charge in [0.15, 0.2) is 0 Å². The van der Waals surface area contributed by atoms with Crippen LogP contribution >= 0.6 is 0 Å². The fourth-order valence-electron chi connectivity index (χ4n) is 4.26. The number of rotatable bonds is 7. The predicted octanol–water partition coefficient (Wildman–Crippen LogP) is 3.63. The first kappa shape index (κ1) is 21.9. The number of carboxylic acids is 1. The molecule has 4 rings (SSSR count). The first-order valence-corrected chi connectivity index (χ1v) is 10.8. The van der Waals surface area contributed by atoms with Crippen LogP contribution in [-0.2, 0) is 14.3 Å². The molecule has 168 valence electrons. The van der Waals surface area contributed by atoms with Crippen molar-refractivity contribution >= 4 is 18.0 Å². The van der Waals surface area contributed by atoms with E-state index in [0.29, 0.717) is 12.8 Å². The van der Waals surface area contributed by atoms with Crippen molar-refractivity contribution in [3.8, 4) is 11.1 Å². The first-order valence-electron chi connectivity index (χ1n) is 10.8. The van der Waals surface area contributed by atoms with E-state index in [1.807, 2.05) is 24.3 Å². The molecule has 0 aromatic heterocycles. The quantitative estimate of drug-likeness (QED) is 0.691. The Hall–Kier alpha value is -3.35. The molecule has 2 aromatic rings. The van der Waals surface area contributed by atoms with Crippen LogP contribution in [0.15, 0.2) is 48.5 Å². The highest BCUT2D eigenvalue weighted by atomic mass is 16.5. The Balaban J connectivity index is 1.36. The van der Waals surface area contributed by atoms with Crippen molar-refractivity contribution in [2.45, 2.75) is 38.1 Å². The lowest BCUT2D eigenvalue weighted by atomic mass is 9.98. The average Bonchev–Trinajstić information content (AvgIpc) is 3.52. The molecule has 7 heteroatoms. The number of benzene rings is 2. The molecule has 0 heterocycles. The maximum atomic E-state index is 12.9. The van der Waals surface area contributed by atoms with Crippen LogP contribution in [0, 0.1) is 5.41 Å². The van der Waals surface area contributed by atoms with Crippen LogP contribution in [0.2, 0.25) is 0 Å². The van der Waals surface area contributed by atoms with E-state index >= 15 is 0 Å². The molecule has 7 nitrogen and oxygen atoms in total. The molecule has 1 saturated carbocycles. The Morgan fingerprint density at radius 2 is 1.59 bits per heavy atom. The third-order valence-corrected chi connectivity index (χ3v) is 6.89. The zero-order chi connectivity index (χ0) is 23.1. The maximum Gasteiger partial charge on any atom is 0.407 e. The van der Waals surface area contributed by atoms with E-state index in [9.17, 15) is 19.5 Å². The molecule has 2 aliphatic rings. The number of carboxylic acid groups (broad SMARTS) is 1. The van der Waals surface area contributed by atoms with Gasteiger partial charge < -0.3 is 20.1 Å². The van der Waals surface area contributed by atoms with Gasteiger partial charge in [0, 0.05) is 19.5 Å². The molecule has 32 heavy (non-hydrogen) atoms. The second-order valence-electron chi connectivity index (χ2n) is 9.19. The van der Waals surface area contributed by atoms with Gasteiger partial charge in [0.2, 0.25) is 5.91 Å². The fourth-order valence-corrected chi connectivity index (χ4v) is 4.26. The van der Waals surface area contributed by atoms with Gasteiger partial charge in [-0.1, -0.05) is 48.5 Å². The van der Waals surface area contributed by atoms with Gasteiger partial charge >= 0.3 is 12.1 Å². The molecule has 0 atom stereocenters. The van der Waals surface area contributed by atoms with Crippen LogP contribution in [0.5, 0.6) is 0 Å². The predicted molar refractivity (Wildman–Crippen MR) is 119 cm³/mol. The molecular weight excluding hydrogens is 408 g/mol. The summed E-state index contributed by atoms with van der Waals surface area (Å²) in [6.45, 7) is 3.31. The summed E-state index contributed by atoms with van der Waals surface area (Å²) in [4.78, 5) is 38.1. The highest BCUT2D eigenvalue weighted by molar-refractivity contribution is 5.91. The Morgan fingerprint density at radius 3 is 2.09 bits per heavy atom. The van der Waals surface area contributed by atoms with E-state index in [-0.39, 0.29) is 25.0 Å². The molecule has 1 fully saturated rings. The summed E-state index contributed by atoms with van der Waals surface area (Å²) < 4.78 is 5.54. The van der Waals surface area contributed by atoms with Gasteiger partial charge in [0.05, 0.1) is 5.41 Å². The number of alkyl carbamates (subject to hydrolysis) is 1. The van der Waals surface area contributed by atoms with Gasteiger partial charge in [0.25, 0.3) is 0 Å². The molecule has 0 aliphatic heterocycles. The highest BCUT2D eigenvalue weighted by Crippen LogP contribution is 2.47. The molecule has 0 bridgehead atoms. The largest absolute Gasteiger partial charge is 0.480 e. The molecule has 2 N–H and O–H groups in total. The van der Waals surface area contributed by atoms with Crippen molar-refractivity contribution in [3.63, 3.8) is 0 Å². The van der Waals surface area contributed by atoms with E-state index in [2.05, 4.69) is 29.6 Å². The Kier molecular flexibility index (Phi) is 5.44. The second-order valence-corrected chi connectivity index (χ2v) is 9.19. The molecule has 0 saturated heterocycles. The van der Waals surface area contributed by atoms with Crippen LogP contribution in [0.4, 0.5) is 4.79 Å². The second kappa shape index (κ2) is 7.97. The molecule has 0 spiro atoms. The summed E-state index contributed by atoms with van der Waals surface area (Å²) in [5.41, 5.74) is 2.50. The van der Waals surface area contributed by atoms with Crippen LogP contribution in [0.3, 0.4) is 0 Å². The SMILES string of the molecule is CN(C(=O)C1(CNC(=O)OCC2c3ccccc3-c3ccccc32)CC1)C(C)(C)C(=O)O. The zero-order valence-corrected chi connectivity index (χ0v) is 18.6. The maximum absolute atomic E-state index is 12.9. The Labute approximate surface area is 187 Å². The van der Waals surface area contributed by atoms with Crippen molar-refractivity contribution in [2.75, 3.05) is 20.2 Å². The van der Waals surface area contributed by atoms with Crippen molar-refractivity contribution in [1.82, 2.24) is 10.2 Å². The number of ether oxygens (including phenoxy) is 1. The number of hydrogen-bond donors (Lipinski definition) is 2. The van der Waals surface area contributed by atoms with Gasteiger partial charge in [-0.3, -0.25) is 4.79 Å². The number of carbonyl (C=O) groups is 3. The van der Waals surface area contributed by atoms with Crippen LogP contribution in [0.1, 0.15) is 43.7 Å². The standard InChI is InChI=1S/C25H28N2O5/c1-24(2,22(29)30)27(3)21(28)25(12-13-25)15-26-23(31)32-14-20-18-10-6-4-8-16(18)17-9-5-7-11-19(17)20/h4-11,20H,12-15H2,1-3H3,(H,26,31)(H,29,30). The van der Waals surface area contributed by atoms with E-state index in [0.717, 1.165) is 22.3 Å². The van der Waals surface area contributed by atoms with Crippen LogP contribution in [0.25, 0.3) is 11.1 Å². The first-order chi connectivity index (χ1) is 15.2. The third-order valence-electron chi connectivity index (χ3n) is 6.89. The summed E-state index contributed by atoms with van der Waals surface area (Å²) in [6.07, 6.45) is 0.636. The summed E-state index contributed by atoms with van der Waals surface area (Å²) in [5.74, 6) is -1.38. The monoisotopic (exact) mass is 436 g/mol. The van der Waals surface area contributed by atoms with E-state index in [4.69, 9.17) is 4.74 Å². The minimum absolute atomic E-state index is 0.0350. The summed E-state index contributed by atoms with van der Waals surface area (Å²) in [6, 6.07) is 16.2. The molecule has 0 radical (unpaired) electrons. The van der Waals surface area contributed by atoms with E-state index in [1.54, 1.807) is 0 Å². The minimum atomic E-state index is -1.32. The van der Waals surface area contributed by atoms with Crippen molar-refractivity contribution < 1.29 is 24.2 Å². The van der Waals surface area contributed by atoms with Gasteiger partial charge in [-0.05, 0) is 48.9 Å². The minimum Gasteiger partial charge on any atom is -0.480 e. The average molecular weight is 437 g/mol. The number of carbonyl (C=O) groups excluding carboxylic acids is 2. The summed E-state index contributed by atoms with van der Waals surface area (Å²) in [7, 11) is 1.49. The van der Waals surface area contributed by atoms with Crippen molar-refractivity contribution in [3.05, 3.63) is 59.7 Å². The summed E-state index contributed by atoms with van der Waals surface area (Å²) >= 11 is 0. The Morgan fingerprint density at radius 1 is 1.06 bits per heavy atom. The number of aliphatic carboxylic acids is 1. The number of fused-ring (bicyclic) bond motifs is 3. The molecule has 2 aromatic carbocycles. The number of nitrogens with one attached hydrogen (secondary N) is 1. The number of nitrogens with zero attached hydrogens (tertiary/aromatic N) is 1. The normalized spacial score (nSPS) is 16.0. The molecule has 0 unspecified atom stereocenters. The molecule has 2 aliphatic carbocycles. The molecular formula is C25H28N2O5. The zero-order valence-electron chi connectivity index (χ0n) is 18.6. The van der Waals surface area contributed by atoms with Gasteiger partial charge in [0.1, 0.15) is 12.1 Å². The van der Waals surface area contributed by atoms with E-state index in [1.165, 1.54) is 25.8 Å². The van der Waals surface area contributed by atoms with E-state index < -0.39 is 23.0 Å². The smallest absolute Gasteiger partial charge is 0.407 e. The Bertz CT molecular complexity index is 1030. The van der Waals surface area contributed by atoms with Crippen molar-refractivity contribution in [2.24, 2.45) is 5.41 Å². The van der Waals surface area contributed by atoms with Gasteiger partial charge in [-0.2, -0.15) is 0 Å². The summed E-state index contributed by atoms with van der Waals surface area (Å²) in [5, 5.41) is 12.1.